The van der Waals surface area contributed by atoms with Gasteiger partial charge in [-0.05, 0) is 61.9 Å². The lowest BCUT2D eigenvalue weighted by Gasteiger charge is -2.33. The third-order valence-corrected chi connectivity index (χ3v) is 6.37. The maximum atomic E-state index is 12.9. The maximum absolute atomic E-state index is 12.9. The highest BCUT2D eigenvalue weighted by Gasteiger charge is 2.27. The van der Waals surface area contributed by atoms with Crippen LogP contribution in [0.5, 0.6) is 0 Å². The van der Waals surface area contributed by atoms with E-state index in [1.807, 2.05) is 12.1 Å². The van der Waals surface area contributed by atoms with Gasteiger partial charge in [-0.25, -0.2) is 4.79 Å². The molecule has 0 bridgehead atoms. The number of hydrogen-bond donors (Lipinski definition) is 3. The van der Waals surface area contributed by atoms with Crippen molar-refractivity contribution in [2.24, 2.45) is 5.92 Å². The van der Waals surface area contributed by atoms with Crippen LogP contribution >= 0.6 is 23.2 Å². The second kappa shape index (κ2) is 9.37. The summed E-state index contributed by atoms with van der Waals surface area (Å²) in [5, 5.41) is 9.22. The highest BCUT2D eigenvalue weighted by molar-refractivity contribution is 6.39. The number of carbonyl (C=O) groups excluding carboxylic acids is 2. The second-order valence-electron chi connectivity index (χ2n) is 8.33. The van der Waals surface area contributed by atoms with Crippen molar-refractivity contribution in [2.45, 2.75) is 38.6 Å². The zero-order valence-electron chi connectivity index (χ0n) is 17.4. The van der Waals surface area contributed by atoms with Gasteiger partial charge in [-0.3, -0.25) is 4.79 Å². The molecule has 1 aliphatic heterocycles. The Morgan fingerprint density at radius 1 is 0.968 bits per heavy atom. The Morgan fingerprint density at radius 3 is 2.29 bits per heavy atom. The number of para-hydroxylation sites is 1. The van der Waals surface area contributed by atoms with Crippen molar-refractivity contribution in [3.8, 4) is 0 Å². The first-order valence-corrected chi connectivity index (χ1v) is 11.4. The largest absolute Gasteiger partial charge is 0.371 e. The minimum Gasteiger partial charge on any atom is -0.371 e. The predicted octanol–water partition coefficient (Wildman–Crippen LogP) is 5.77. The molecule has 0 spiro atoms. The molecule has 0 radical (unpaired) electrons. The molecule has 2 aromatic rings. The van der Waals surface area contributed by atoms with Crippen LogP contribution in [0.15, 0.2) is 36.4 Å². The van der Waals surface area contributed by atoms with Crippen LogP contribution in [0.1, 0.15) is 43.0 Å². The summed E-state index contributed by atoms with van der Waals surface area (Å²) in [5.74, 6) is 0.593. The molecule has 1 aliphatic carbocycles. The number of piperidine rings is 1. The Labute approximate surface area is 192 Å². The molecule has 1 saturated heterocycles. The molecule has 3 amide bonds. The standard InChI is InChI=1S/C23H26Cl2N4O2/c1-14-9-11-29(12-10-14)20-8-7-16(13-17(20)22(30)26-15-5-6-15)27-23(31)28-21-18(24)3-2-4-19(21)25/h2-4,7-8,13-15H,5-6,9-12H2,1H3,(H,26,30)(H2,27,28,31). The van der Waals surface area contributed by atoms with Gasteiger partial charge in [0, 0.05) is 30.5 Å². The Kier molecular flexibility index (Phi) is 6.58. The zero-order valence-corrected chi connectivity index (χ0v) is 18.9. The summed E-state index contributed by atoms with van der Waals surface area (Å²) in [6.45, 7) is 4.10. The van der Waals surface area contributed by atoms with Gasteiger partial charge < -0.3 is 20.9 Å². The molecule has 0 unspecified atom stereocenters. The summed E-state index contributed by atoms with van der Waals surface area (Å²) in [5.41, 5.74) is 2.35. The van der Waals surface area contributed by atoms with Crippen LogP contribution in [0, 0.1) is 5.92 Å². The molecule has 2 aromatic carbocycles. The molecule has 31 heavy (non-hydrogen) atoms. The zero-order chi connectivity index (χ0) is 22.0. The van der Waals surface area contributed by atoms with E-state index in [9.17, 15) is 9.59 Å². The van der Waals surface area contributed by atoms with E-state index < -0.39 is 6.03 Å². The van der Waals surface area contributed by atoms with E-state index in [-0.39, 0.29) is 11.9 Å². The van der Waals surface area contributed by atoms with Crippen molar-refractivity contribution in [3.63, 3.8) is 0 Å². The van der Waals surface area contributed by atoms with Crippen LogP contribution in [-0.2, 0) is 0 Å². The molecule has 3 N–H and O–H groups in total. The number of anilines is 3. The Balaban J connectivity index is 1.53. The van der Waals surface area contributed by atoms with E-state index >= 15 is 0 Å². The molecule has 1 saturated carbocycles. The minimum atomic E-state index is -0.483. The van der Waals surface area contributed by atoms with Crippen molar-refractivity contribution in [1.29, 1.82) is 0 Å². The molecular formula is C23H26Cl2N4O2. The van der Waals surface area contributed by atoms with Gasteiger partial charge in [0.1, 0.15) is 0 Å². The first-order chi connectivity index (χ1) is 14.9. The fourth-order valence-corrected chi connectivity index (χ4v) is 4.20. The average molecular weight is 461 g/mol. The number of carbonyl (C=O) groups is 2. The molecule has 8 heteroatoms. The van der Waals surface area contributed by atoms with E-state index in [2.05, 4.69) is 27.8 Å². The van der Waals surface area contributed by atoms with Crippen LogP contribution in [-0.4, -0.2) is 31.1 Å². The molecule has 2 fully saturated rings. The highest BCUT2D eigenvalue weighted by atomic mass is 35.5. The van der Waals surface area contributed by atoms with E-state index in [4.69, 9.17) is 23.2 Å². The summed E-state index contributed by atoms with van der Waals surface area (Å²) >= 11 is 12.3. The number of urea groups is 1. The summed E-state index contributed by atoms with van der Waals surface area (Å²) in [7, 11) is 0. The van der Waals surface area contributed by atoms with Crippen LogP contribution in [0.25, 0.3) is 0 Å². The summed E-state index contributed by atoms with van der Waals surface area (Å²) in [4.78, 5) is 27.7. The third kappa shape index (κ3) is 5.43. The minimum absolute atomic E-state index is 0.102. The van der Waals surface area contributed by atoms with Crippen LogP contribution < -0.4 is 20.9 Å². The van der Waals surface area contributed by atoms with Gasteiger partial charge >= 0.3 is 6.03 Å². The SMILES string of the molecule is CC1CCN(c2ccc(NC(=O)Nc3c(Cl)cccc3Cl)cc2C(=O)NC2CC2)CC1. The van der Waals surface area contributed by atoms with Crippen LogP contribution in [0.2, 0.25) is 10.0 Å². The predicted molar refractivity (Wildman–Crippen MR) is 127 cm³/mol. The first-order valence-electron chi connectivity index (χ1n) is 10.6. The second-order valence-corrected chi connectivity index (χ2v) is 9.14. The fourth-order valence-electron chi connectivity index (χ4n) is 3.70. The molecule has 164 valence electrons. The molecular weight excluding hydrogens is 435 g/mol. The number of hydrogen-bond acceptors (Lipinski definition) is 3. The number of amides is 3. The molecule has 4 rings (SSSR count). The number of nitrogens with one attached hydrogen (secondary N) is 3. The Morgan fingerprint density at radius 2 is 1.65 bits per heavy atom. The van der Waals surface area contributed by atoms with Gasteiger partial charge in [0.2, 0.25) is 0 Å². The van der Waals surface area contributed by atoms with Crippen LogP contribution in [0.4, 0.5) is 21.9 Å². The van der Waals surface area contributed by atoms with Crippen molar-refractivity contribution < 1.29 is 9.59 Å². The fraction of sp³-hybridized carbons (Fsp3) is 0.391. The lowest BCUT2D eigenvalue weighted by molar-refractivity contribution is 0.0951. The van der Waals surface area contributed by atoms with Crippen LogP contribution in [0.3, 0.4) is 0 Å². The molecule has 1 heterocycles. The maximum Gasteiger partial charge on any atom is 0.323 e. The number of halogens is 2. The first kappa shape index (κ1) is 21.8. The Hall–Kier alpha value is -2.44. The topological polar surface area (TPSA) is 73.5 Å². The number of nitrogens with zero attached hydrogens (tertiary/aromatic N) is 1. The Bertz CT molecular complexity index is 965. The normalized spacial score (nSPS) is 16.7. The molecule has 2 aliphatic rings. The van der Waals surface area contributed by atoms with Gasteiger partial charge in [0.25, 0.3) is 5.91 Å². The van der Waals surface area contributed by atoms with E-state index in [1.165, 1.54) is 0 Å². The summed E-state index contributed by atoms with van der Waals surface area (Å²) in [6.07, 6.45) is 4.23. The van der Waals surface area contributed by atoms with Gasteiger partial charge in [-0.15, -0.1) is 0 Å². The molecule has 0 atom stereocenters. The average Bonchev–Trinajstić information content (AvgIpc) is 3.55. The molecule has 6 nitrogen and oxygen atoms in total. The van der Waals surface area contributed by atoms with Crippen molar-refractivity contribution in [2.75, 3.05) is 28.6 Å². The summed E-state index contributed by atoms with van der Waals surface area (Å²) < 4.78 is 0. The van der Waals surface area contributed by atoms with E-state index in [1.54, 1.807) is 24.3 Å². The third-order valence-electron chi connectivity index (χ3n) is 5.74. The van der Waals surface area contributed by atoms with Crippen molar-refractivity contribution in [3.05, 3.63) is 52.0 Å². The van der Waals surface area contributed by atoms with E-state index in [0.29, 0.717) is 32.9 Å². The smallest absolute Gasteiger partial charge is 0.323 e. The lowest BCUT2D eigenvalue weighted by Crippen LogP contribution is -2.35. The van der Waals surface area contributed by atoms with Gasteiger partial charge in [0.05, 0.1) is 21.3 Å². The number of rotatable bonds is 5. The lowest BCUT2D eigenvalue weighted by atomic mass is 9.98. The monoisotopic (exact) mass is 460 g/mol. The summed E-state index contributed by atoms with van der Waals surface area (Å²) in [6, 6.07) is 10.2. The quantitative estimate of drug-likeness (QED) is 0.530. The van der Waals surface area contributed by atoms with Crippen molar-refractivity contribution in [1.82, 2.24) is 5.32 Å². The van der Waals surface area contributed by atoms with Crippen molar-refractivity contribution >= 4 is 52.2 Å². The van der Waals surface area contributed by atoms with Gasteiger partial charge in [0.15, 0.2) is 0 Å². The highest BCUT2D eigenvalue weighted by Crippen LogP contribution is 2.31. The molecule has 0 aromatic heterocycles. The van der Waals surface area contributed by atoms with Gasteiger partial charge in [-0.1, -0.05) is 36.2 Å². The van der Waals surface area contributed by atoms with Gasteiger partial charge in [-0.2, -0.15) is 0 Å². The number of benzene rings is 2. The van der Waals surface area contributed by atoms with E-state index in [0.717, 1.165) is 44.5 Å².